The van der Waals surface area contributed by atoms with Crippen molar-refractivity contribution < 1.29 is 19.0 Å². The molecule has 0 bridgehead atoms. The number of halogens is 2. The number of nitrogens with zero attached hydrogens (tertiary/aromatic N) is 3. The first kappa shape index (κ1) is 26.3. The number of hydrogen-bond acceptors (Lipinski definition) is 6. The molecule has 3 aromatic rings. The molecule has 1 aliphatic heterocycles. The Bertz CT molecular complexity index is 1220. The number of carboxylic acids is 1. The topological polar surface area (TPSA) is 124 Å². The van der Waals surface area contributed by atoms with E-state index in [-0.39, 0.29) is 67.0 Å². The molecule has 0 aliphatic carbocycles. The second-order valence-electron chi connectivity index (χ2n) is 7.94. The predicted octanol–water partition coefficient (Wildman–Crippen LogP) is 3.24. The van der Waals surface area contributed by atoms with Crippen LogP contribution < -0.4 is 21.2 Å². The highest BCUT2D eigenvalue weighted by Crippen LogP contribution is 2.44. The summed E-state index contributed by atoms with van der Waals surface area (Å²) >= 11 is 0. The van der Waals surface area contributed by atoms with Crippen molar-refractivity contribution in [2.45, 2.75) is 32.9 Å². The molecule has 180 valence electrons. The Morgan fingerprint density at radius 3 is 2.79 bits per heavy atom. The Kier molecular flexibility index (Phi) is 8.25. The lowest BCUT2D eigenvalue weighted by atomic mass is 9.99. The fourth-order valence-corrected chi connectivity index (χ4v) is 3.95. The van der Waals surface area contributed by atoms with E-state index in [0.717, 1.165) is 0 Å². The van der Waals surface area contributed by atoms with Crippen LogP contribution in [0.2, 0.25) is 0 Å². The summed E-state index contributed by atoms with van der Waals surface area (Å²) in [5.74, 6) is -1.94. The molecular formula is C21H27ClFN5O4S. The number of benzene rings is 1. The van der Waals surface area contributed by atoms with Crippen LogP contribution in [0.3, 0.4) is 0 Å². The zero-order valence-corrected chi connectivity index (χ0v) is 20.0. The van der Waals surface area contributed by atoms with E-state index in [1.54, 1.807) is 17.1 Å². The van der Waals surface area contributed by atoms with Crippen LogP contribution in [0.5, 0.6) is 5.75 Å². The molecule has 0 saturated heterocycles. The summed E-state index contributed by atoms with van der Waals surface area (Å²) in [6.45, 7) is 5.27. The third kappa shape index (κ3) is 4.60. The minimum absolute atomic E-state index is 0. The van der Waals surface area contributed by atoms with Gasteiger partial charge in [-0.15, -0.1) is 12.4 Å². The van der Waals surface area contributed by atoms with Gasteiger partial charge in [0.2, 0.25) is 5.43 Å². The molecule has 33 heavy (non-hydrogen) atoms. The van der Waals surface area contributed by atoms with E-state index in [2.05, 4.69) is 10.3 Å². The highest BCUT2D eigenvalue weighted by molar-refractivity contribution is 7.59. The number of aromatic carboxylic acids is 1. The molecule has 0 radical (unpaired) electrons. The smallest absolute Gasteiger partial charge is 0.341 e. The van der Waals surface area contributed by atoms with Gasteiger partial charge in [-0.2, -0.15) is 13.5 Å². The number of carbonyl (C=O) groups is 1. The number of anilines is 2. The second kappa shape index (κ2) is 10.3. The summed E-state index contributed by atoms with van der Waals surface area (Å²) in [6, 6.07) is -0.229. The summed E-state index contributed by atoms with van der Waals surface area (Å²) in [7, 11) is 0. The molecule has 9 nitrogen and oxygen atoms in total. The molecule has 1 atom stereocenters. The maximum atomic E-state index is 15.2. The molecule has 0 spiro atoms. The van der Waals surface area contributed by atoms with Gasteiger partial charge in [0.05, 0.1) is 29.0 Å². The number of nitrogens with one attached hydrogen (secondary N) is 1. The number of aromatic nitrogens is 3. The fraction of sp³-hybridized carbons (Fsp3) is 0.381. The van der Waals surface area contributed by atoms with Crippen molar-refractivity contribution in [1.82, 2.24) is 14.1 Å². The SMILES string of the molecule is CC(C)[C@H]1COc2c(NCCCn3ccnc3)c(F)c(N)c3c(=O)c(C(=O)O)cn1c23.Cl.S. The third-order valence-corrected chi connectivity index (χ3v) is 5.61. The molecule has 4 N–H and O–H groups in total. The Balaban J connectivity index is 0.00000193. The number of aryl methyl sites for hydroxylation is 1. The van der Waals surface area contributed by atoms with E-state index in [9.17, 15) is 14.7 Å². The van der Waals surface area contributed by atoms with Crippen molar-refractivity contribution in [1.29, 1.82) is 0 Å². The van der Waals surface area contributed by atoms with Crippen molar-refractivity contribution in [3.63, 3.8) is 0 Å². The Hall–Kier alpha value is -2.92. The summed E-state index contributed by atoms with van der Waals surface area (Å²) < 4.78 is 24.7. The number of ether oxygens (including phenoxy) is 1. The largest absolute Gasteiger partial charge is 0.487 e. The quantitative estimate of drug-likeness (QED) is 0.336. The standard InChI is InChI=1S/C21H24FN5O4.ClH.H2S/c1-11(2)13-9-31-20-17(25-4-3-6-26-7-5-24-10-26)15(22)16(23)14-18(20)27(13)8-12(19(14)28)21(29)30;;/h5,7-8,10-11,13,25H,3-4,6,9,23H2,1-2H3,(H,29,30);1H;1H2/t13-;;/m1../s1. The van der Waals surface area contributed by atoms with Crippen LogP contribution in [-0.2, 0) is 6.54 Å². The first-order valence-corrected chi connectivity index (χ1v) is 10.1. The van der Waals surface area contributed by atoms with Gasteiger partial charge >= 0.3 is 5.97 Å². The minimum atomic E-state index is -1.38. The monoisotopic (exact) mass is 499 g/mol. The van der Waals surface area contributed by atoms with Gasteiger partial charge in [0.1, 0.15) is 17.9 Å². The van der Waals surface area contributed by atoms with Crippen LogP contribution >= 0.6 is 25.9 Å². The highest BCUT2D eigenvalue weighted by atomic mass is 35.5. The van der Waals surface area contributed by atoms with E-state index in [1.807, 2.05) is 24.6 Å². The zero-order valence-electron chi connectivity index (χ0n) is 18.2. The van der Waals surface area contributed by atoms with Gasteiger partial charge in [0.15, 0.2) is 11.6 Å². The average molecular weight is 500 g/mol. The maximum absolute atomic E-state index is 15.2. The lowest BCUT2D eigenvalue weighted by Crippen LogP contribution is -2.31. The maximum Gasteiger partial charge on any atom is 0.341 e. The molecule has 3 heterocycles. The average Bonchev–Trinajstić information content (AvgIpc) is 3.24. The van der Waals surface area contributed by atoms with Gasteiger partial charge in [-0.1, -0.05) is 13.8 Å². The third-order valence-electron chi connectivity index (χ3n) is 5.61. The van der Waals surface area contributed by atoms with E-state index in [1.165, 1.54) is 6.20 Å². The second-order valence-corrected chi connectivity index (χ2v) is 7.94. The summed E-state index contributed by atoms with van der Waals surface area (Å²) in [5.41, 5.74) is 4.76. The number of rotatable bonds is 7. The minimum Gasteiger partial charge on any atom is -0.487 e. The highest BCUT2D eigenvalue weighted by Gasteiger charge is 2.32. The van der Waals surface area contributed by atoms with E-state index >= 15 is 4.39 Å². The lowest BCUT2D eigenvalue weighted by molar-refractivity contribution is 0.0693. The van der Waals surface area contributed by atoms with Gasteiger partial charge in [0.25, 0.3) is 0 Å². The van der Waals surface area contributed by atoms with Crippen LogP contribution in [0.1, 0.15) is 36.7 Å². The molecule has 0 saturated carbocycles. The first-order chi connectivity index (χ1) is 14.8. The summed E-state index contributed by atoms with van der Waals surface area (Å²) in [6.07, 6.45) is 7.22. The van der Waals surface area contributed by atoms with E-state index in [4.69, 9.17) is 10.5 Å². The van der Waals surface area contributed by atoms with Gasteiger partial charge in [-0.3, -0.25) is 4.79 Å². The predicted molar refractivity (Wildman–Crippen MR) is 132 cm³/mol. The summed E-state index contributed by atoms with van der Waals surface area (Å²) in [4.78, 5) is 28.5. The molecule has 0 unspecified atom stereocenters. The lowest BCUT2D eigenvalue weighted by Gasteiger charge is -2.33. The number of nitrogen functional groups attached to an aromatic ring is 1. The Labute approximate surface area is 202 Å². The van der Waals surface area contributed by atoms with Crippen LogP contribution in [0.25, 0.3) is 10.9 Å². The molecule has 0 fully saturated rings. The first-order valence-electron chi connectivity index (χ1n) is 10.1. The van der Waals surface area contributed by atoms with Gasteiger partial charge < -0.3 is 30.0 Å². The molecule has 1 aliphatic rings. The normalized spacial score (nSPS) is 14.4. The van der Waals surface area contributed by atoms with Crippen LogP contribution in [-0.4, -0.2) is 38.3 Å². The van der Waals surface area contributed by atoms with Crippen molar-refractivity contribution >= 4 is 54.1 Å². The number of pyridine rings is 1. The number of nitrogens with two attached hydrogens (primary N) is 1. The number of carboxylic acid groups (broad SMARTS) is 1. The van der Waals surface area contributed by atoms with Crippen molar-refractivity contribution in [2.75, 3.05) is 24.2 Å². The van der Waals surface area contributed by atoms with Crippen molar-refractivity contribution in [3.8, 4) is 5.75 Å². The van der Waals surface area contributed by atoms with Crippen LogP contribution in [0.15, 0.2) is 29.7 Å². The van der Waals surface area contributed by atoms with Crippen LogP contribution in [0, 0.1) is 11.7 Å². The summed E-state index contributed by atoms with van der Waals surface area (Å²) in [5, 5.41) is 12.4. The molecule has 12 heteroatoms. The molecule has 1 aromatic carbocycles. The zero-order chi connectivity index (χ0) is 22.3. The molecular weight excluding hydrogens is 473 g/mol. The van der Waals surface area contributed by atoms with Crippen LogP contribution in [0.4, 0.5) is 15.8 Å². The number of imidazole rings is 1. The van der Waals surface area contributed by atoms with Gasteiger partial charge in [-0.25, -0.2) is 14.2 Å². The van der Waals surface area contributed by atoms with Crippen molar-refractivity contribution in [3.05, 3.63) is 46.5 Å². The molecule has 4 rings (SSSR count). The van der Waals surface area contributed by atoms with E-state index in [0.29, 0.717) is 25.0 Å². The van der Waals surface area contributed by atoms with E-state index < -0.39 is 22.8 Å². The fourth-order valence-electron chi connectivity index (χ4n) is 3.95. The van der Waals surface area contributed by atoms with Gasteiger partial charge in [0, 0.05) is 31.7 Å². The molecule has 2 aromatic heterocycles. The Morgan fingerprint density at radius 1 is 1.45 bits per heavy atom. The Morgan fingerprint density at radius 2 is 2.18 bits per heavy atom. The number of hydrogen-bond donors (Lipinski definition) is 3. The molecule has 0 amide bonds. The van der Waals surface area contributed by atoms with Crippen molar-refractivity contribution in [2.24, 2.45) is 5.92 Å². The van der Waals surface area contributed by atoms with Gasteiger partial charge in [-0.05, 0) is 12.3 Å².